The van der Waals surface area contributed by atoms with Crippen molar-refractivity contribution in [3.63, 3.8) is 0 Å². The van der Waals surface area contributed by atoms with Crippen LogP contribution in [0.2, 0.25) is 5.02 Å². The van der Waals surface area contributed by atoms with Crippen LogP contribution in [0, 0.1) is 0 Å². The molecule has 0 saturated carbocycles. The summed E-state index contributed by atoms with van der Waals surface area (Å²) in [5.41, 5.74) is 1.40. The predicted molar refractivity (Wildman–Crippen MR) is 160 cm³/mol. The van der Waals surface area contributed by atoms with E-state index in [1.54, 1.807) is 36.5 Å². The first-order valence-electron chi connectivity index (χ1n) is 12.7. The van der Waals surface area contributed by atoms with Gasteiger partial charge < -0.3 is 25.6 Å². The second kappa shape index (κ2) is 15.6. The highest BCUT2D eigenvalue weighted by atomic mass is 35.5. The number of halogens is 1. The number of rotatable bonds is 12. The number of ether oxygens (including phenoxy) is 1. The van der Waals surface area contributed by atoms with Crippen molar-refractivity contribution in [1.29, 1.82) is 0 Å². The number of anilines is 2. The summed E-state index contributed by atoms with van der Waals surface area (Å²) in [5, 5.41) is 11.6. The van der Waals surface area contributed by atoms with Crippen molar-refractivity contribution in [3.8, 4) is 11.5 Å². The minimum atomic E-state index is -0.329. The van der Waals surface area contributed by atoms with E-state index >= 15 is 0 Å². The average Bonchev–Trinajstić information content (AvgIpc) is 2.91. The molecule has 3 rings (SSSR count). The Hall–Kier alpha value is -3.73. The molecule has 4 N–H and O–H groups in total. The molecule has 39 heavy (non-hydrogen) atoms. The van der Waals surface area contributed by atoms with Crippen LogP contribution in [0.25, 0.3) is 0 Å². The number of pyridine rings is 1. The second-order valence-corrected chi connectivity index (χ2v) is 9.36. The second-order valence-electron chi connectivity index (χ2n) is 8.55. The highest BCUT2D eigenvalue weighted by Crippen LogP contribution is 2.30. The van der Waals surface area contributed by atoms with Crippen molar-refractivity contribution in [2.75, 3.05) is 36.8 Å². The Morgan fingerprint density at radius 1 is 1.00 bits per heavy atom. The van der Waals surface area contributed by atoms with Gasteiger partial charge in [0.05, 0.1) is 17.1 Å². The number of nitrogens with one attached hydrogen (secondary N) is 4. The van der Waals surface area contributed by atoms with Crippen LogP contribution in [0.1, 0.15) is 25.8 Å². The zero-order valence-corrected chi connectivity index (χ0v) is 23.6. The van der Waals surface area contributed by atoms with E-state index in [1.165, 1.54) is 0 Å². The van der Waals surface area contributed by atoms with Gasteiger partial charge in [0.1, 0.15) is 17.3 Å². The van der Waals surface area contributed by atoms with E-state index in [-0.39, 0.29) is 23.5 Å². The Kier molecular flexibility index (Phi) is 11.9. The van der Waals surface area contributed by atoms with E-state index in [1.807, 2.05) is 30.3 Å². The number of nitrogens with zero attached hydrogens (tertiary/aromatic N) is 2. The number of urea groups is 1. The predicted octanol–water partition coefficient (Wildman–Crippen LogP) is 5.44. The molecule has 0 spiro atoms. The van der Waals surface area contributed by atoms with E-state index in [9.17, 15) is 9.59 Å². The average molecular weight is 569 g/mol. The fourth-order valence-corrected chi connectivity index (χ4v) is 4.09. The van der Waals surface area contributed by atoms with Gasteiger partial charge in [-0.05, 0) is 62.0 Å². The minimum absolute atomic E-state index is 0.141. The standard InChI is InChI=1S/C28H33ClN6O3S/c1-3-35(4-2)16-8-14-31-27(37)33-25-19-22(13-15-30-25)38-21-11-12-24(23(29)18-21)32-28(39)34-26(36)17-20-9-6-5-7-10-20/h5-7,9-13,15,18-19H,3-4,8,14,16-17H2,1-2H3,(H2,30,31,33,37)(H2,32,34,36,39). The summed E-state index contributed by atoms with van der Waals surface area (Å²) in [4.78, 5) is 30.9. The summed E-state index contributed by atoms with van der Waals surface area (Å²) in [6.45, 7) is 7.72. The molecule has 3 amide bonds. The molecule has 3 aromatic rings. The summed E-state index contributed by atoms with van der Waals surface area (Å²) in [6.07, 6.45) is 2.62. The molecule has 0 fully saturated rings. The fraction of sp³-hybridized carbons (Fsp3) is 0.286. The first-order valence-corrected chi connectivity index (χ1v) is 13.5. The molecular formula is C28H33ClN6O3S. The Balaban J connectivity index is 1.48. The number of hydrogen-bond donors (Lipinski definition) is 4. The molecule has 1 aromatic heterocycles. The molecule has 11 heteroatoms. The number of aromatic nitrogens is 1. The van der Waals surface area contributed by atoms with Crippen LogP contribution in [0.5, 0.6) is 11.5 Å². The molecule has 0 bridgehead atoms. The van der Waals surface area contributed by atoms with Crippen molar-refractivity contribution in [3.05, 3.63) is 77.4 Å². The number of amides is 3. The largest absolute Gasteiger partial charge is 0.457 e. The van der Waals surface area contributed by atoms with Crippen LogP contribution < -0.4 is 26.0 Å². The highest BCUT2D eigenvalue weighted by Gasteiger charge is 2.10. The van der Waals surface area contributed by atoms with Gasteiger partial charge in [-0.25, -0.2) is 9.78 Å². The zero-order chi connectivity index (χ0) is 28.0. The third kappa shape index (κ3) is 10.5. The molecule has 0 atom stereocenters. The quantitative estimate of drug-likeness (QED) is 0.170. The molecule has 0 aliphatic carbocycles. The lowest BCUT2D eigenvalue weighted by Gasteiger charge is -2.17. The van der Waals surface area contributed by atoms with E-state index in [0.717, 1.165) is 31.6 Å². The monoisotopic (exact) mass is 568 g/mol. The molecular weight excluding hydrogens is 536 g/mol. The molecule has 2 aromatic carbocycles. The number of thiocarbonyl (C=S) groups is 1. The molecule has 0 unspecified atom stereocenters. The van der Waals surface area contributed by atoms with Gasteiger partial charge in [0.25, 0.3) is 0 Å². The van der Waals surface area contributed by atoms with Crippen molar-refractivity contribution in [2.45, 2.75) is 26.7 Å². The SMILES string of the molecule is CCN(CC)CCCNC(=O)Nc1cc(Oc2ccc(NC(=S)NC(=O)Cc3ccccc3)c(Cl)c2)ccn1. The van der Waals surface area contributed by atoms with Gasteiger partial charge in [-0.2, -0.15) is 0 Å². The first kappa shape index (κ1) is 29.8. The van der Waals surface area contributed by atoms with Crippen LogP contribution in [0.4, 0.5) is 16.3 Å². The summed E-state index contributed by atoms with van der Waals surface area (Å²) in [7, 11) is 0. The number of carbonyl (C=O) groups is 2. The van der Waals surface area contributed by atoms with Gasteiger partial charge in [-0.3, -0.25) is 10.1 Å². The maximum Gasteiger partial charge on any atom is 0.320 e. The highest BCUT2D eigenvalue weighted by molar-refractivity contribution is 7.80. The molecule has 1 heterocycles. The van der Waals surface area contributed by atoms with Crippen LogP contribution in [0.3, 0.4) is 0 Å². The number of benzene rings is 2. The summed E-state index contributed by atoms with van der Waals surface area (Å²) in [5.74, 6) is 1.07. The molecule has 0 aliphatic rings. The van der Waals surface area contributed by atoms with Gasteiger partial charge in [0.15, 0.2) is 5.11 Å². The Bertz CT molecular complexity index is 1260. The van der Waals surface area contributed by atoms with E-state index in [4.69, 9.17) is 28.6 Å². The van der Waals surface area contributed by atoms with E-state index in [0.29, 0.717) is 34.6 Å². The lowest BCUT2D eigenvalue weighted by molar-refractivity contribution is -0.119. The number of hydrogen-bond acceptors (Lipinski definition) is 6. The van der Waals surface area contributed by atoms with Crippen molar-refractivity contribution >= 4 is 52.4 Å². The lowest BCUT2D eigenvalue weighted by atomic mass is 10.1. The van der Waals surface area contributed by atoms with E-state index in [2.05, 4.69) is 45.0 Å². The van der Waals surface area contributed by atoms with Crippen molar-refractivity contribution in [1.82, 2.24) is 20.5 Å². The van der Waals surface area contributed by atoms with Crippen molar-refractivity contribution in [2.24, 2.45) is 0 Å². The number of carbonyl (C=O) groups excluding carboxylic acids is 2. The van der Waals surface area contributed by atoms with Gasteiger partial charge >= 0.3 is 6.03 Å². The minimum Gasteiger partial charge on any atom is -0.457 e. The van der Waals surface area contributed by atoms with Crippen LogP contribution >= 0.6 is 23.8 Å². The Labute approximate surface area is 239 Å². The van der Waals surface area contributed by atoms with Gasteiger partial charge in [-0.1, -0.05) is 55.8 Å². The summed E-state index contributed by atoms with van der Waals surface area (Å²) < 4.78 is 5.89. The molecule has 0 saturated heterocycles. The molecule has 0 radical (unpaired) electrons. The summed E-state index contributed by atoms with van der Waals surface area (Å²) >= 11 is 11.7. The Morgan fingerprint density at radius 2 is 1.74 bits per heavy atom. The third-order valence-electron chi connectivity index (χ3n) is 5.69. The van der Waals surface area contributed by atoms with E-state index < -0.39 is 0 Å². The van der Waals surface area contributed by atoms with Gasteiger partial charge in [0.2, 0.25) is 5.91 Å². The molecule has 9 nitrogen and oxygen atoms in total. The smallest absolute Gasteiger partial charge is 0.320 e. The van der Waals surface area contributed by atoms with Gasteiger partial charge in [0, 0.05) is 24.9 Å². The topological polar surface area (TPSA) is 108 Å². The van der Waals surface area contributed by atoms with Crippen molar-refractivity contribution < 1.29 is 14.3 Å². The van der Waals surface area contributed by atoms with Crippen LogP contribution in [-0.2, 0) is 11.2 Å². The maximum absolute atomic E-state index is 12.2. The maximum atomic E-state index is 12.2. The summed E-state index contributed by atoms with van der Waals surface area (Å²) in [6, 6.07) is 17.4. The lowest BCUT2D eigenvalue weighted by Crippen LogP contribution is -2.35. The van der Waals surface area contributed by atoms with Gasteiger partial charge in [-0.15, -0.1) is 0 Å². The molecule has 0 aliphatic heterocycles. The normalized spacial score (nSPS) is 10.6. The first-order chi connectivity index (χ1) is 18.9. The zero-order valence-electron chi connectivity index (χ0n) is 22.0. The molecule has 206 valence electrons. The fourth-order valence-electron chi connectivity index (χ4n) is 3.65. The van der Waals surface area contributed by atoms with Crippen LogP contribution in [0.15, 0.2) is 66.9 Å². The third-order valence-corrected chi connectivity index (χ3v) is 6.21. The van der Waals surface area contributed by atoms with Crippen LogP contribution in [-0.4, -0.2) is 53.1 Å². The Morgan fingerprint density at radius 3 is 2.46 bits per heavy atom.